The third kappa shape index (κ3) is 5.72. The van der Waals surface area contributed by atoms with E-state index < -0.39 is 10.5 Å². The van der Waals surface area contributed by atoms with E-state index >= 15 is 0 Å². The second-order valence-electron chi connectivity index (χ2n) is 10.4. The average Bonchev–Trinajstić information content (AvgIpc) is 3.28. The van der Waals surface area contributed by atoms with Gasteiger partial charge in [0, 0.05) is 87.5 Å². The minimum absolute atomic E-state index is 0.0575. The minimum atomic E-state index is -0.490. The Bertz CT molecular complexity index is 1090. The molecule has 11 heteroatoms. The lowest BCUT2D eigenvalue weighted by atomic mass is 9.98. The molecule has 36 heavy (non-hydrogen) atoms. The van der Waals surface area contributed by atoms with Crippen LogP contribution < -0.4 is 9.64 Å². The number of ether oxygens (including phenoxy) is 2. The van der Waals surface area contributed by atoms with E-state index in [0.29, 0.717) is 19.1 Å². The molecule has 2 aromatic rings. The number of methoxy groups -OCH3 is 1. The predicted octanol–water partition coefficient (Wildman–Crippen LogP) is 3.53. The average molecular weight is 501 g/mol. The first-order valence-corrected chi connectivity index (χ1v) is 12.4. The summed E-state index contributed by atoms with van der Waals surface area (Å²) in [5.74, 6) is 0.253. The molecule has 0 unspecified atom stereocenters. The van der Waals surface area contributed by atoms with E-state index in [-0.39, 0.29) is 17.5 Å². The highest BCUT2D eigenvalue weighted by Gasteiger charge is 2.32. The smallest absolute Gasteiger partial charge is 0.410 e. The van der Waals surface area contributed by atoms with Gasteiger partial charge in [-0.05, 0) is 33.6 Å². The molecule has 1 aromatic carbocycles. The van der Waals surface area contributed by atoms with Crippen LogP contribution in [-0.4, -0.2) is 88.6 Å². The highest BCUT2D eigenvalue weighted by Crippen LogP contribution is 2.41. The van der Waals surface area contributed by atoms with Crippen LogP contribution in [0.2, 0.25) is 0 Å². The Balaban J connectivity index is 1.44. The molecule has 2 aliphatic rings. The Morgan fingerprint density at radius 3 is 2.31 bits per heavy atom. The van der Waals surface area contributed by atoms with Crippen molar-refractivity contribution < 1.29 is 19.2 Å². The first-order valence-electron chi connectivity index (χ1n) is 12.4. The van der Waals surface area contributed by atoms with Gasteiger partial charge in [0.15, 0.2) is 5.75 Å². The van der Waals surface area contributed by atoms with Gasteiger partial charge in [0.2, 0.25) is 0 Å². The molecule has 11 nitrogen and oxygen atoms in total. The molecule has 0 bridgehead atoms. The maximum absolute atomic E-state index is 12.4. The quantitative estimate of drug-likeness (QED) is 0.453. The van der Waals surface area contributed by atoms with E-state index in [1.165, 1.54) is 7.11 Å². The van der Waals surface area contributed by atoms with E-state index in [9.17, 15) is 14.9 Å². The molecular formula is C25H36N6O5. The number of hydrogen-bond donors (Lipinski definition) is 0. The van der Waals surface area contributed by atoms with Crippen LogP contribution in [0.15, 0.2) is 24.5 Å². The van der Waals surface area contributed by atoms with Gasteiger partial charge < -0.3 is 19.3 Å². The number of piperidine rings is 1. The van der Waals surface area contributed by atoms with E-state index in [0.717, 1.165) is 55.8 Å². The Labute approximate surface area is 211 Å². The van der Waals surface area contributed by atoms with Gasteiger partial charge in [-0.25, -0.2) is 4.79 Å². The highest BCUT2D eigenvalue weighted by atomic mass is 16.6. The minimum Gasteiger partial charge on any atom is -0.490 e. The maximum atomic E-state index is 12.4. The number of carbonyl (C=O) groups excluding carboxylic acids is 1. The van der Waals surface area contributed by atoms with Crippen molar-refractivity contribution in [1.29, 1.82) is 0 Å². The van der Waals surface area contributed by atoms with Gasteiger partial charge in [-0.1, -0.05) is 0 Å². The molecule has 0 spiro atoms. The number of amides is 1. The topological polar surface area (TPSA) is 106 Å². The molecular weight excluding hydrogens is 464 g/mol. The number of anilines is 1. The number of benzene rings is 1. The van der Waals surface area contributed by atoms with Crippen molar-refractivity contribution in [3.05, 3.63) is 34.6 Å². The number of nitro groups is 1. The fourth-order valence-corrected chi connectivity index (χ4v) is 4.99. The number of nitrogens with zero attached hydrogens (tertiary/aromatic N) is 6. The summed E-state index contributed by atoms with van der Waals surface area (Å²) in [7, 11) is 3.29. The van der Waals surface area contributed by atoms with Crippen LogP contribution in [0.3, 0.4) is 0 Å². The van der Waals surface area contributed by atoms with Crippen molar-refractivity contribution in [2.24, 2.45) is 7.05 Å². The van der Waals surface area contributed by atoms with Crippen LogP contribution in [0.5, 0.6) is 5.75 Å². The summed E-state index contributed by atoms with van der Waals surface area (Å²) in [6.45, 7) is 10.3. The summed E-state index contributed by atoms with van der Waals surface area (Å²) in [6, 6.07) is 3.80. The number of hydrogen-bond acceptors (Lipinski definition) is 8. The third-order valence-corrected chi connectivity index (χ3v) is 6.80. The van der Waals surface area contributed by atoms with E-state index in [4.69, 9.17) is 9.47 Å². The van der Waals surface area contributed by atoms with Crippen LogP contribution in [-0.2, 0) is 11.8 Å². The number of piperazine rings is 1. The van der Waals surface area contributed by atoms with Gasteiger partial charge in [0.25, 0.3) is 0 Å². The fourth-order valence-electron chi connectivity index (χ4n) is 4.99. The van der Waals surface area contributed by atoms with Crippen LogP contribution in [0.25, 0.3) is 11.1 Å². The van der Waals surface area contributed by atoms with E-state index in [2.05, 4.69) is 14.9 Å². The van der Waals surface area contributed by atoms with Crippen molar-refractivity contribution in [3.8, 4) is 16.9 Å². The zero-order valence-corrected chi connectivity index (χ0v) is 21.8. The summed E-state index contributed by atoms with van der Waals surface area (Å²) < 4.78 is 12.6. The van der Waals surface area contributed by atoms with E-state index in [1.807, 2.05) is 34.0 Å². The molecule has 3 heterocycles. The van der Waals surface area contributed by atoms with Crippen molar-refractivity contribution >= 4 is 17.5 Å². The van der Waals surface area contributed by atoms with Crippen LogP contribution in [0.1, 0.15) is 33.6 Å². The molecule has 1 amide bonds. The number of carbonyl (C=O) groups is 1. The molecule has 2 fully saturated rings. The lowest BCUT2D eigenvalue weighted by Crippen LogP contribution is -2.55. The van der Waals surface area contributed by atoms with Gasteiger partial charge in [-0.15, -0.1) is 0 Å². The lowest BCUT2D eigenvalue weighted by molar-refractivity contribution is -0.385. The van der Waals surface area contributed by atoms with Crippen molar-refractivity contribution in [3.63, 3.8) is 0 Å². The van der Waals surface area contributed by atoms with Gasteiger partial charge in [0.1, 0.15) is 5.60 Å². The van der Waals surface area contributed by atoms with Crippen LogP contribution >= 0.6 is 0 Å². The molecule has 196 valence electrons. The SMILES string of the molecule is COc1cc(N2CCC(N3CCN(C(=O)OC(C)(C)C)CC3)CC2)c(-c2cnn(C)c2)cc1[N+](=O)[O-]. The maximum Gasteiger partial charge on any atom is 0.410 e. The van der Waals surface area contributed by atoms with Crippen molar-refractivity contribution in [2.75, 3.05) is 51.3 Å². The molecule has 2 aliphatic heterocycles. The predicted molar refractivity (Wildman–Crippen MR) is 136 cm³/mol. The second-order valence-corrected chi connectivity index (χ2v) is 10.4. The number of aromatic nitrogens is 2. The Hall–Kier alpha value is -3.34. The molecule has 0 aliphatic carbocycles. The summed E-state index contributed by atoms with van der Waals surface area (Å²) in [5.41, 5.74) is 1.98. The third-order valence-electron chi connectivity index (χ3n) is 6.80. The number of nitro benzene ring substituents is 1. The number of aryl methyl sites for hydroxylation is 1. The zero-order chi connectivity index (χ0) is 26.0. The molecule has 1 aromatic heterocycles. The molecule has 2 saturated heterocycles. The second kappa shape index (κ2) is 10.3. The zero-order valence-electron chi connectivity index (χ0n) is 21.8. The molecule has 0 N–H and O–H groups in total. The van der Waals surface area contributed by atoms with E-state index in [1.54, 1.807) is 27.9 Å². The molecule has 0 atom stereocenters. The highest BCUT2D eigenvalue weighted by molar-refractivity contribution is 5.82. The summed E-state index contributed by atoms with van der Waals surface area (Å²) in [6.07, 6.45) is 5.29. The first-order chi connectivity index (χ1) is 17.1. The lowest BCUT2D eigenvalue weighted by Gasteiger charge is -2.43. The van der Waals surface area contributed by atoms with Gasteiger partial charge in [-0.3, -0.25) is 19.7 Å². The summed E-state index contributed by atoms with van der Waals surface area (Å²) >= 11 is 0. The van der Waals surface area contributed by atoms with Gasteiger partial charge >= 0.3 is 11.8 Å². The summed E-state index contributed by atoms with van der Waals surface area (Å²) in [4.78, 5) is 30.2. The monoisotopic (exact) mass is 500 g/mol. The fraction of sp³-hybridized carbons (Fsp3) is 0.600. The Kier molecular flexibility index (Phi) is 7.39. The largest absolute Gasteiger partial charge is 0.490 e. The number of rotatable bonds is 5. The van der Waals surface area contributed by atoms with Crippen molar-refractivity contribution in [1.82, 2.24) is 19.6 Å². The van der Waals surface area contributed by atoms with Crippen LogP contribution in [0.4, 0.5) is 16.2 Å². The molecule has 0 saturated carbocycles. The van der Waals surface area contributed by atoms with Gasteiger partial charge in [-0.2, -0.15) is 5.10 Å². The normalized spacial score (nSPS) is 17.8. The molecule has 4 rings (SSSR count). The Morgan fingerprint density at radius 2 is 1.78 bits per heavy atom. The Morgan fingerprint density at radius 1 is 1.11 bits per heavy atom. The first kappa shape index (κ1) is 25.7. The van der Waals surface area contributed by atoms with Gasteiger partial charge in [0.05, 0.1) is 18.2 Å². The van der Waals surface area contributed by atoms with Crippen LogP contribution in [0, 0.1) is 10.1 Å². The molecule has 0 radical (unpaired) electrons. The summed E-state index contributed by atoms with van der Waals surface area (Å²) in [5, 5.41) is 15.9. The van der Waals surface area contributed by atoms with Crippen molar-refractivity contribution in [2.45, 2.75) is 45.3 Å². The standard InChI is InChI=1S/C25H36N6O5/c1-25(2,3)36-24(32)30-12-10-28(11-13-30)19-6-8-29(9-7-19)21-15-23(35-5)22(31(33)34)14-20(21)18-16-26-27(4)17-18/h14-17,19H,6-13H2,1-5H3.